The first kappa shape index (κ1) is 19.3. The van der Waals surface area contributed by atoms with Crippen molar-refractivity contribution < 1.29 is 17.6 Å². The summed E-state index contributed by atoms with van der Waals surface area (Å²) in [6.45, 7) is 0.692. The predicted octanol–water partition coefficient (Wildman–Crippen LogP) is 3.83. The van der Waals surface area contributed by atoms with E-state index in [9.17, 15) is 17.6 Å². The molecule has 0 aliphatic carbocycles. The molecule has 0 atom stereocenters. The quantitative estimate of drug-likeness (QED) is 0.711. The van der Waals surface area contributed by atoms with Gasteiger partial charge in [0.1, 0.15) is 5.82 Å². The van der Waals surface area contributed by atoms with Crippen molar-refractivity contribution in [2.24, 2.45) is 0 Å². The summed E-state index contributed by atoms with van der Waals surface area (Å²) in [7, 11) is -3.75. The highest BCUT2D eigenvalue weighted by Crippen LogP contribution is 2.25. The summed E-state index contributed by atoms with van der Waals surface area (Å²) in [5, 5.41) is 2.58. The van der Waals surface area contributed by atoms with Gasteiger partial charge in [0.25, 0.3) is 5.91 Å². The number of carbonyl (C=O) groups is 1. The first-order valence-electron chi connectivity index (χ1n) is 9.17. The van der Waals surface area contributed by atoms with E-state index in [0.717, 1.165) is 11.1 Å². The standard InChI is InChI=1S/C22H19FN2O3S/c23-19-8-4-9-20(14-19)24-22(26)17-7-3-10-21(13-17)29(27,28)25-12-11-16-5-1-2-6-18(16)15-25/h1-10,13-14H,11-12,15H2,(H,24,26). The number of carbonyl (C=O) groups excluding carboxylic acids is 1. The van der Waals surface area contributed by atoms with Crippen LogP contribution in [0, 0.1) is 5.82 Å². The number of hydrogen-bond donors (Lipinski definition) is 1. The van der Waals surface area contributed by atoms with Gasteiger partial charge < -0.3 is 5.32 Å². The third-order valence-corrected chi connectivity index (χ3v) is 6.75. The molecule has 1 N–H and O–H groups in total. The zero-order valence-electron chi connectivity index (χ0n) is 15.5. The van der Waals surface area contributed by atoms with Crippen LogP contribution in [0.15, 0.2) is 77.7 Å². The van der Waals surface area contributed by atoms with Gasteiger partial charge in [0.05, 0.1) is 4.90 Å². The van der Waals surface area contributed by atoms with Gasteiger partial charge in [-0.2, -0.15) is 4.31 Å². The summed E-state index contributed by atoms with van der Waals surface area (Å²) in [5.74, 6) is -0.971. The van der Waals surface area contributed by atoms with Crippen molar-refractivity contribution >= 4 is 21.6 Å². The molecular formula is C22H19FN2O3S. The highest BCUT2D eigenvalue weighted by molar-refractivity contribution is 7.89. The average molecular weight is 410 g/mol. The smallest absolute Gasteiger partial charge is 0.255 e. The Hall–Kier alpha value is -3.03. The van der Waals surface area contributed by atoms with E-state index in [0.29, 0.717) is 25.2 Å². The topological polar surface area (TPSA) is 66.5 Å². The second-order valence-electron chi connectivity index (χ2n) is 6.85. The summed E-state index contributed by atoms with van der Waals surface area (Å²) < 4.78 is 41.0. The van der Waals surface area contributed by atoms with Gasteiger partial charge >= 0.3 is 0 Å². The molecule has 0 radical (unpaired) electrons. The number of rotatable bonds is 4. The molecule has 3 aromatic rings. The Labute approximate surface area is 168 Å². The molecule has 1 aliphatic rings. The third-order valence-electron chi connectivity index (χ3n) is 4.91. The minimum Gasteiger partial charge on any atom is -0.322 e. The zero-order chi connectivity index (χ0) is 20.4. The Kier molecular flexibility index (Phi) is 5.17. The van der Waals surface area contributed by atoms with Gasteiger partial charge in [0, 0.05) is 24.3 Å². The van der Waals surface area contributed by atoms with Crippen molar-refractivity contribution in [3.8, 4) is 0 Å². The summed E-state index contributed by atoms with van der Waals surface area (Å²) in [5.41, 5.74) is 2.63. The average Bonchev–Trinajstić information content (AvgIpc) is 2.73. The maximum Gasteiger partial charge on any atom is 0.255 e. The summed E-state index contributed by atoms with van der Waals surface area (Å²) >= 11 is 0. The monoisotopic (exact) mass is 410 g/mol. The normalized spacial score (nSPS) is 14.2. The largest absolute Gasteiger partial charge is 0.322 e. The maximum absolute atomic E-state index is 13.3. The lowest BCUT2D eigenvalue weighted by molar-refractivity contribution is 0.102. The van der Waals surface area contributed by atoms with Gasteiger partial charge in [-0.25, -0.2) is 12.8 Å². The van der Waals surface area contributed by atoms with E-state index in [-0.39, 0.29) is 10.5 Å². The number of hydrogen-bond acceptors (Lipinski definition) is 3. The molecule has 4 rings (SSSR count). The molecule has 29 heavy (non-hydrogen) atoms. The van der Waals surface area contributed by atoms with Crippen molar-refractivity contribution in [3.05, 3.63) is 95.3 Å². The van der Waals surface area contributed by atoms with Gasteiger partial charge in [-0.15, -0.1) is 0 Å². The van der Waals surface area contributed by atoms with Crippen molar-refractivity contribution in [1.29, 1.82) is 0 Å². The number of anilines is 1. The lowest BCUT2D eigenvalue weighted by atomic mass is 10.0. The lowest BCUT2D eigenvalue weighted by Crippen LogP contribution is -2.36. The molecule has 1 heterocycles. The van der Waals surface area contributed by atoms with Gasteiger partial charge in [-0.1, -0.05) is 36.4 Å². The number of sulfonamides is 1. The third kappa shape index (κ3) is 4.06. The molecule has 7 heteroatoms. The Bertz CT molecular complexity index is 1180. The molecule has 0 saturated heterocycles. The predicted molar refractivity (Wildman–Crippen MR) is 109 cm³/mol. The van der Waals surface area contributed by atoms with Crippen LogP contribution in [-0.2, 0) is 23.0 Å². The molecule has 5 nitrogen and oxygen atoms in total. The van der Waals surface area contributed by atoms with E-state index in [1.807, 2.05) is 24.3 Å². The molecule has 148 valence electrons. The van der Waals surface area contributed by atoms with Gasteiger partial charge in [0.15, 0.2) is 0 Å². The molecule has 0 fully saturated rings. The Morgan fingerprint density at radius 1 is 0.931 bits per heavy atom. The van der Waals surface area contributed by atoms with Crippen molar-refractivity contribution in [1.82, 2.24) is 4.31 Å². The number of nitrogens with zero attached hydrogens (tertiary/aromatic N) is 1. The van der Waals surface area contributed by atoms with Crippen molar-refractivity contribution in [2.75, 3.05) is 11.9 Å². The lowest BCUT2D eigenvalue weighted by Gasteiger charge is -2.28. The van der Waals surface area contributed by atoms with Crippen molar-refractivity contribution in [3.63, 3.8) is 0 Å². The van der Waals surface area contributed by atoms with Crippen LogP contribution in [0.1, 0.15) is 21.5 Å². The van der Waals surface area contributed by atoms with Crippen LogP contribution in [0.2, 0.25) is 0 Å². The molecular weight excluding hydrogens is 391 g/mol. The summed E-state index contributed by atoms with van der Waals surface area (Å²) in [6.07, 6.45) is 0.648. The van der Waals surface area contributed by atoms with E-state index in [4.69, 9.17) is 0 Å². The van der Waals surface area contributed by atoms with Crippen LogP contribution in [0.5, 0.6) is 0 Å². The highest BCUT2D eigenvalue weighted by atomic mass is 32.2. The fourth-order valence-electron chi connectivity index (χ4n) is 3.39. The molecule has 0 saturated carbocycles. The van der Waals surface area contributed by atoms with Crippen LogP contribution < -0.4 is 5.32 Å². The van der Waals surface area contributed by atoms with E-state index in [1.165, 1.54) is 46.8 Å². The number of benzene rings is 3. The van der Waals surface area contributed by atoms with E-state index < -0.39 is 21.7 Å². The number of halogens is 1. The van der Waals surface area contributed by atoms with Crippen LogP contribution in [-0.4, -0.2) is 25.2 Å². The fourth-order valence-corrected chi connectivity index (χ4v) is 4.86. The van der Waals surface area contributed by atoms with E-state index in [2.05, 4.69) is 5.32 Å². The Balaban J connectivity index is 1.57. The molecule has 1 amide bonds. The molecule has 0 spiro atoms. The van der Waals surface area contributed by atoms with Crippen molar-refractivity contribution in [2.45, 2.75) is 17.9 Å². The number of fused-ring (bicyclic) bond motifs is 1. The Morgan fingerprint density at radius 3 is 2.48 bits per heavy atom. The number of amides is 1. The molecule has 0 unspecified atom stereocenters. The van der Waals surface area contributed by atoms with Crippen LogP contribution in [0.25, 0.3) is 0 Å². The highest BCUT2D eigenvalue weighted by Gasteiger charge is 2.28. The molecule has 1 aliphatic heterocycles. The molecule has 0 aromatic heterocycles. The summed E-state index contributed by atoms with van der Waals surface area (Å²) in [6, 6.07) is 19.2. The number of nitrogens with one attached hydrogen (secondary N) is 1. The minimum atomic E-state index is -3.75. The molecule has 0 bridgehead atoms. The zero-order valence-corrected chi connectivity index (χ0v) is 16.3. The summed E-state index contributed by atoms with van der Waals surface area (Å²) in [4.78, 5) is 12.6. The fraction of sp³-hybridized carbons (Fsp3) is 0.136. The maximum atomic E-state index is 13.3. The van der Waals surface area contributed by atoms with Gasteiger partial charge in [-0.3, -0.25) is 4.79 Å². The second kappa shape index (κ2) is 7.77. The Morgan fingerprint density at radius 2 is 1.69 bits per heavy atom. The van der Waals surface area contributed by atoms with Crippen LogP contribution in [0.3, 0.4) is 0 Å². The minimum absolute atomic E-state index is 0.0590. The first-order chi connectivity index (χ1) is 13.9. The first-order valence-corrected chi connectivity index (χ1v) is 10.6. The van der Waals surface area contributed by atoms with E-state index in [1.54, 1.807) is 6.07 Å². The SMILES string of the molecule is O=C(Nc1cccc(F)c1)c1cccc(S(=O)(=O)N2CCc3ccccc3C2)c1. The van der Waals surface area contributed by atoms with Crippen LogP contribution in [0.4, 0.5) is 10.1 Å². The second-order valence-corrected chi connectivity index (χ2v) is 8.79. The van der Waals surface area contributed by atoms with Gasteiger partial charge in [0.2, 0.25) is 10.0 Å². The van der Waals surface area contributed by atoms with Gasteiger partial charge in [-0.05, 0) is 53.9 Å². The van der Waals surface area contributed by atoms with Crippen LogP contribution >= 0.6 is 0 Å². The molecule has 3 aromatic carbocycles. The van der Waals surface area contributed by atoms with E-state index >= 15 is 0 Å².